The molecule has 1 aliphatic rings. The second-order valence-corrected chi connectivity index (χ2v) is 5.34. The van der Waals surface area contributed by atoms with Crippen LogP contribution in [0.15, 0.2) is 36.5 Å². The van der Waals surface area contributed by atoms with E-state index in [1.54, 1.807) is 0 Å². The molecule has 1 fully saturated rings. The Kier molecular flexibility index (Phi) is 3.65. The van der Waals surface area contributed by atoms with E-state index in [2.05, 4.69) is 45.5 Å². The molecule has 1 aromatic heterocycles. The van der Waals surface area contributed by atoms with Crippen LogP contribution in [-0.4, -0.2) is 31.7 Å². The predicted octanol–water partition coefficient (Wildman–Crippen LogP) is 2.67. The molecule has 3 nitrogen and oxygen atoms in total. The molecule has 0 saturated carbocycles. The maximum Gasteiger partial charge on any atom is 0.136 e. The highest BCUT2D eigenvalue weighted by molar-refractivity contribution is 5.92. The summed E-state index contributed by atoms with van der Waals surface area (Å²) < 4.78 is 0. The summed E-state index contributed by atoms with van der Waals surface area (Å²) in [4.78, 5) is 7.05. The first-order valence-electron chi connectivity index (χ1n) is 7.12. The Morgan fingerprint density at radius 1 is 1.21 bits per heavy atom. The van der Waals surface area contributed by atoms with Crippen molar-refractivity contribution >= 4 is 16.6 Å². The molecule has 3 heteroatoms. The van der Waals surface area contributed by atoms with Crippen molar-refractivity contribution in [3.05, 3.63) is 36.5 Å². The molecule has 0 spiro atoms. The number of piperidine rings is 1. The van der Waals surface area contributed by atoms with Crippen LogP contribution in [0.1, 0.15) is 12.8 Å². The van der Waals surface area contributed by atoms with E-state index in [4.69, 9.17) is 0 Å². The van der Waals surface area contributed by atoms with Gasteiger partial charge in [0.05, 0.1) is 0 Å². The van der Waals surface area contributed by atoms with Gasteiger partial charge in [0.25, 0.3) is 0 Å². The number of nitrogens with zero attached hydrogens (tertiary/aromatic N) is 2. The van der Waals surface area contributed by atoms with Crippen LogP contribution in [0, 0.1) is 5.92 Å². The third-order valence-corrected chi connectivity index (χ3v) is 4.06. The van der Waals surface area contributed by atoms with Gasteiger partial charge in [0, 0.05) is 24.7 Å². The van der Waals surface area contributed by atoms with Crippen LogP contribution in [-0.2, 0) is 0 Å². The first-order valence-corrected chi connectivity index (χ1v) is 7.12. The Morgan fingerprint density at radius 3 is 2.79 bits per heavy atom. The molecular formula is C16H21N3. The van der Waals surface area contributed by atoms with Crippen LogP contribution in [0.3, 0.4) is 0 Å². The Hall–Kier alpha value is -1.61. The fourth-order valence-corrected chi connectivity index (χ4v) is 2.99. The van der Waals surface area contributed by atoms with Gasteiger partial charge in [-0.15, -0.1) is 0 Å². The van der Waals surface area contributed by atoms with E-state index in [0.717, 1.165) is 31.4 Å². The van der Waals surface area contributed by atoms with Gasteiger partial charge in [0.2, 0.25) is 0 Å². The van der Waals surface area contributed by atoms with Gasteiger partial charge in [-0.25, -0.2) is 4.98 Å². The van der Waals surface area contributed by atoms with Crippen molar-refractivity contribution in [2.75, 3.05) is 31.6 Å². The molecule has 0 radical (unpaired) electrons. The lowest BCUT2D eigenvalue weighted by molar-refractivity contribution is 0.393. The van der Waals surface area contributed by atoms with Crippen molar-refractivity contribution in [3.63, 3.8) is 0 Å². The summed E-state index contributed by atoms with van der Waals surface area (Å²) in [6.45, 7) is 3.37. The zero-order chi connectivity index (χ0) is 13.1. The number of pyridine rings is 1. The summed E-state index contributed by atoms with van der Waals surface area (Å²) in [5.74, 6) is 1.97. The maximum atomic E-state index is 4.61. The van der Waals surface area contributed by atoms with Gasteiger partial charge in [-0.05, 0) is 43.8 Å². The normalized spacial score (nSPS) is 17.0. The molecule has 1 saturated heterocycles. The highest BCUT2D eigenvalue weighted by Crippen LogP contribution is 2.27. The molecule has 0 amide bonds. The third-order valence-electron chi connectivity index (χ3n) is 4.06. The molecule has 2 heterocycles. The number of aromatic nitrogens is 1. The molecule has 100 valence electrons. The molecule has 1 N–H and O–H groups in total. The van der Waals surface area contributed by atoms with E-state index in [-0.39, 0.29) is 0 Å². The van der Waals surface area contributed by atoms with Crippen LogP contribution in [0.2, 0.25) is 0 Å². The number of benzene rings is 1. The number of anilines is 1. The lowest BCUT2D eigenvalue weighted by Gasteiger charge is -2.33. The van der Waals surface area contributed by atoms with Gasteiger partial charge >= 0.3 is 0 Å². The van der Waals surface area contributed by atoms with Crippen molar-refractivity contribution in [2.45, 2.75) is 12.8 Å². The first-order chi connectivity index (χ1) is 9.38. The zero-order valence-corrected chi connectivity index (χ0v) is 11.5. The molecule has 0 bridgehead atoms. The molecule has 0 aliphatic carbocycles. The highest BCUT2D eigenvalue weighted by atomic mass is 15.2. The fraction of sp³-hybridized carbons (Fsp3) is 0.438. The van der Waals surface area contributed by atoms with Gasteiger partial charge in [0.1, 0.15) is 5.82 Å². The van der Waals surface area contributed by atoms with Gasteiger partial charge in [0.15, 0.2) is 0 Å². The minimum absolute atomic E-state index is 0.816. The number of hydrogen-bond donors (Lipinski definition) is 1. The number of hydrogen-bond acceptors (Lipinski definition) is 3. The van der Waals surface area contributed by atoms with Crippen molar-refractivity contribution in [1.82, 2.24) is 10.3 Å². The molecule has 0 atom stereocenters. The minimum atomic E-state index is 0.816. The van der Waals surface area contributed by atoms with E-state index in [1.807, 2.05) is 13.2 Å². The Morgan fingerprint density at radius 2 is 2.00 bits per heavy atom. The van der Waals surface area contributed by atoms with Crippen molar-refractivity contribution < 1.29 is 0 Å². The Bertz CT molecular complexity index is 539. The average molecular weight is 255 g/mol. The summed E-state index contributed by atoms with van der Waals surface area (Å²) in [6, 6.07) is 10.6. The van der Waals surface area contributed by atoms with Crippen molar-refractivity contribution in [1.29, 1.82) is 0 Å². The zero-order valence-electron chi connectivity index (χ0n) is 11.5. The summed E-state index contributed by atoms with van der Waals surface area (Å²) in [7, 11) is 2.04. The van der Waals surface area contributed by atoms with E-state index < -0.39 is 0 Å². The number of rotatable bonds is 3. The standard InChI is InChI=1S/C16H21N3/c1-17-12-13-7-10-19(11-8-13)16-15-5-3-2-4-14(15)6-9-18-16/h2-6,9,13,17H,7-8,10-12H2,1H3. The second kappa shape index (κ2) is 5.57. The van der Waals surface area contributed by atoms with Gasteiger partial charge in [-0.3, -0.25) is 0 Å². The van der Waals surface area contributed by atoms with E-state index >= 15 is 0 Å². The van der Waals surface area contributed by atoms with E-state index in [0.29, 0.717) is 0 Å². The smallest absolute Gasteiger partial charge is 0.136 e. The highest BCUT2D eigenvalue weighted by Gasteiger charge is 2.20. The van der Waals surface area contributed by atoms with Crippen molar-refractivity contribution in [2.24, 2.45) is 5.92 Å². The van der Waals surface area contributed by atoms with Crippen LogP contribution in [0.25, 0.3) is 10.8 Å². The quantitative estimate of drug-likeness (QED) is 0.914. The molecule has 1 aliphatic heterocycles. The Labute approximate surface area is 114 Å². The third kappa shape index (κ3) is 2.56. The fourth-order valence-electron chi connectivity index (χ4n) is 2.99. The molecule has 0 unspecified atom stereocenters. The molecular weight excluding hydrogens is 234 g/mol. The first kappa shape index (κ1) is 12.4. The van der Waals surface area contributed by atoms with E-state index in [1.165, 1.54) is 23.6 Å². The second-order valence-electron chi connectivity index (χ2n) is 5.34. The van der Waals surface area contributed by atoms with Gasteiger partial charge < -0.3 is 10.2 Å². The molecule has 2 aromatic rings. The summed E-state index contributed by atoms with van der Waals surface area (Å²) in [6.07, 6.45) is 4.44. The molecule has 3 rings (SSSR count). The lowest BCUT2D eigenvalue weighted by Crippen LogP contribution is -2.37. The summed E-state index contributed by atoms with van der Waals surface area (Å²) in [5.41, 5.74) is 0. The molecule has 19 heavy (non-hydrogen) atoms. The predicted molar refractivity (Wildman–Crippen MR) is 80.6 cm³/mol. The lowest BCUT2D eigenvalue weighted by atomic mass is 9.96. The monoisotopic (exact) mass is 255 g/mol. The van der Waals surface area contributed by atoms with Crippen molar-refractivity contribution in [3.8, 4) is 0 Å². The average Bonchev–Trinajstić information content (AvgIpc) is 2.48. The Balaban J connectivity index is 1.82. The maximum absolute atomic E-state index is 4.61. The SMILES string of the molecule is CNCC1CCN(c2nccc3ccccc23)CC1. The van der Waals surface area contributed by atoms with Crippen LogP contribution >= 0.6 is 0 Å². The summed E-state index contributed by atoms with van der Waals surface area (Å²) in [5, 5.41) is 5.84. The van der Waals surface area contributed by atoms with Gasteiger partial charge in [-0.2, -0.15) is 0 Å². The van der Waals surface area contributed by atoms with Crippen LogP contribution < -0.4 is 10.2 Å². The summed E-state index contributed by atoms with van der Waals surface area (Å²) >= 11 is 0. The number of nitrogens with one attached hydrogen (secondary N) is 1. The topological polar surface area (TPSA) is 28.2 Å². The van der Waals surface area contributed by atoms with Gasteiger partial charge in [-0.1, -0.05) is 24.3 Å². The largest absolute Gasteiger partial charge is 0.356 e. The number of fused-ring (bicyclic) bond motifs is 1. The van der Waals surface area contributed by atoms with E-state index in [9.17, 15) is 0 Å². The molecule has 1 aromatic carbocycles. The minimum Gasteiger partial charge on any atom is -0.356 e. The van der Waals surface area contributed by atoms with Crippen LogP contribution in [0.4, 0.5) is 5.82 Å². The van der Waals surface area contributed by atoms with Crippen LogP contribution in [0.5, 0.6) is 0 Å².